The minimum atomic E-state index is -0.733. The summed E-state index contributed by atoms with van der Waals surface area (Å²) in [5.74, 6) is 0.224. The van der Waals surface area contributed by atoms with E-state index >= 15 is 0 Å². The summed E-state index contributed by atoms with van der Waals surface area (Å²) in [6.07, 6.45) is 5.09. The number of carbonyl (C=O) groups excluding carboxylic acids is 2. The summed E-state index contributed by atoms with van der Waals surface area (Å²) in [5.41, 5.74) is 3.89. The second kappa shape index (κ2) is 9.54. The Kier molecular flexibility index (Phi) is 6.63. The van der Waals surface area contributed by atoms with Crippen molar-refractivity contribution in [2.24, 2.45) is 11.0 Å². The Morgan fingerprint density at radius 3 is 2.59 bits per heavy atom. The van der Waals surface area contributed by atoms with E-state index in [1.54, 1.807) is 24.3 Å². The minimum absolute atomic E-state index is 0.122. The van der Waals surface area contributed by atoms with Gasteiger partial charge in [-0.1, -0.05) is 50.3 Å². The number of nitrogens with zero attached hydrogens (tertiary/aromatic N) is 1. The number of hydrazone groups is 1. The number of amides is 2. The van der Waals surface area contributed by atoms with Crippen LogP contribution in [0, 0.1) is 5.92 Å². The molecule has 0 saturated heterocycles. The Hall–Kier alpha value is -3.61. The summed E-state index contributed by atoms with van der Waals surface area (Å²) < 4.78 is 10.5. The lowest BCUT2D eigenvalue weighted by Gasteiger charge is -2.20. The summed E-state index contributed by atoms with van der Waals surface area (Å²) >= 11 is 0. The van der Waals surface area contributed by atoms with Gasteiger partial charge in [-0.25, -0.2) is 5.43 Å². The third kappa shape index (κ3) is 5.44. The molecule has 0 aliphatic carbocycles. The summed E-state index contributed by atoms with van der Waals surface area (Å²) in [5, 5.41) is 6.67. The van der Waals surface area contributed by atoms with Crippen LogP contribution in [0.5, 0.6) is 11.5 Å². The van der Waals surface area contributed by atoms with Crippen LogP contribution in [0.3, 0.4) is 0 Å². The summed E-state index contributed by atoms with van der Waals surface area (Å²) in [7, 11) is 0. The first-order chi connectivity index (χ1) is 14.0. The molecule has 7 heteroatoms. The van der Waals surface area contributed by atoms with E-state index in [4.69, 9.17) is 9.47 Å². The fourth-order valence-corrected chi connectivity index (χ4v) is 2.73. The van der Waals surface area contributed by atoms with Gasteiger partial charge in [-0.2, -0.15) is 5.10 Å². The highest BCUT2D eigenvalue weighted by Gasteiger charge is 2.25. The van der Waals surface area contributed by atoms with Crippen molar-refractivity contribution in [2.75, 3.05) is 6.79 Å². The van der Waals surface area contributed by atoms with Gasteiger partial charge in [-0.15, -0.1) is 0 Å². The van der Waals surface area contributed by atoms with E-state index in [-0.39, 0.29) is 18.6 Å². The van der Waals surface area contributed by atoms with E-state index in [1.807, 2.05) is 50.3 Å². The van der Waals surface area contributed by atoms with Crippen LogP contribution in [0.1, 0.15) is 29.8 Å². The number of ether oxygens (including phenoxy) is 2. The fraction of sp³-hybridized carbons (Fsp3) is 0.227. The van der Waals surface area contributed by atoms with E-state index in [2.05, 4.69) is 15.8 Å². The molecule has 0 radical (unpaired) electrons. The van der Waals surface area contributed by atoms with Crippen LogP contribution in [0.15, 0.2) is 59.7 Å². The van der Waals surface area contributed by atoms with E-state index in [9.17, 15) is 9.59 Å². The number of hydrogen-bond donors (Lipinski definition) is 2. The van der Waals surface area contributed by atoms with Crippen LogP contribution < -0.4 is 20.2 Å². The van der Waals surface area contributed by atoms with Crippen LogP contribution in [-0.4, -0.2) is 30.9 Å². The van der Waals surface area contributed by atoms with Gasteiger partial charge in [0.1, 0.15) is 6.04 Å². The fourth-order valence-electron chi connectivity index (χ4n) is 2.73. The Balaban J connectivity index is 1.57. The molecule has 0 spiro atoms. The molecule has 1 unspecified atom stereocenters. The summed E-state index contributed by atoms with van der Waals surface area (Å²) in [6.45, 7) is 3.83. The molecule has 3 rings (SSSR count). The molecule has 0 bridgehead atoms. The zero-order valence-corrected chi connectivity index (χ0v) is 16.3. The number of fused-ring (bicyclic) bond motifs is 1. The van der Waals surface area contributed by atoms with Crippen LogP contribution in [0.25, 0.3) is 6.08 Å². The molecule has 150 valence electrons. The molecule has 2 N–H and O–H groups in total. The number of hydrogen-bond acceptors (Lipinski definition) is 5. The largest absolute Gasteiger partial charge is 0.454 e. The molecule has 1 atom stereocenters. The van der Waals surface area contributed by atoms with Crippen molar-refractivity contribution in [3.8, 4) is 11.5 Å². The first-order valence-electron chi connectivity index (χ1n) is 9.30. The van der Waals surface area contributed by atoms with Crippen molar-refractivity contribution in [1.29, 1.82) is 0 Å². The Morgan fingerprint density at radius 1 is 1.07 bits per heavy atom. The summed E-state index contributed by atoms with van der Waals surface area (Å²) in [6, 6.07) is 13.9. The van der Waals surface area contributed by atoms with E-state index < -0.39 is 11.9 Å². The average Bonchev–Trinajstić information content (AvgIpc) is 3.19. The number of benzene rings is 2. The highest BCUT2D eigenvalue weighted by Crippen LogP contribution is 2.32. The molecule has 2 aromatic rings. The lowest BCUT2D eigenvalue weighted by Crippen LogP contribution is -2.48. The van der Waals surface area contributed by atoms with E-state index in [0.29, 0.717) is 17.1 Å². The maximum Gasteiger partial charge on any atom is 0.262 e. The van der Waals surface area contributed by atoms with Crippen LogP contribution in [0.2, 0.25) is 0 Å². The zero-order valence-electron chi connectivity index (χ0n) is 16.3. The Bertz CT molecular complexity index is 923. The molecule has 0 saturated carbocycles. The predicted molar refractivity (Wildman–Crippen MR) is 111 cm³/mol. The van der Waals surface area contributed by atoms with Gasteiger partial charge in [0.2, 0.25) is 6.79 Å². The van der Waals surface area contributed by atoms with Crippen LogP contribution in [-0.2, 0) is 4.79 Å². The SMILES string of the molecule is CC(C)C(NC(=O)c1ccc2c(c1)OCO2)C(=O)NN=CC=Cc1ccccc1. The molecular formula is C22H23N3O4. The van der Waals surface area contributed by atoms with Gasteiger partial charge >= 0.3 is 0 Å². The predicted octanol–water partition coefficient (Wildman–Crippen LogP) is 2.99. The topological polar surface area (TPSA) is 89.0 Å². The van der Waals surface area contributed by atoms with Gasteiger partial charge < -0.3 is 14.8 Å². The van der Waals surface area contributed by atoms with Crippen LogP contribution in [0.4, 0.5) is 0 Å². The van der Waals surface area contributed by atoms with E-state index in [1.165, 1.54) is 6.21 Å². The maximum atomic E-state index is 12.6. The zero-order chi connectivity index (χ0) is 20.6. The van der Waals surface area contributed by atoms with Gasteiger partial charge in [0, 0.05) is 11.8 Å². The second-order valence-corrected chi connectivity index (χ2v) is 6.79. The maximum absolute atomic E-state index is 12.6. The van der Waals surface area contributed by atoms with Crippen molar-refractivity contribution in [2.45, 2.75) is 19.9 Å². The lowest BCUT2D eigenvalue weighted by atomic mass is 10.0. The molecule has 0 fully saturated rings. The molecule has 29 heavy (non-hydrogen) atoms. The van der Waals surface area contributed by atoms with Gasteiger partial charge in [-0.05, 0) is 35.8 Å². The number of allylic oxidation sites excluding steroid dienone is 1. The second-order valence-electron chi connectivity index (χ2n) is 6.79. The standard InChI is InChI=1S/C22H23N3O4/c1-15(2)20(22(27)25-23-12-6-9-16-7-4-3-5-8-16)24-21(26)17-10-11-18-19(13-17)29-14-28-18/h3-13,15,20H,14H2,1-2H3,(H,24,26)(H,25,27). The minimum Gasteiger partial charge on any atom is -0.454 e. The average molecular weight is 393 g/mol. The molecule has 2 amide bonds. The van der Waals surface area contributed by atoms with Crippen molar-refractivity contribution in [3.05, 3.63) is 65.7 Å². The highest BCUT2D eigenvalue weighted by molar-refractivity contribution is 5.98. The third-order valence-electron chi connectivity index (χ3n) is 4.29. The molecule has 1 aliphatic rings. The smallest absolute Gasteiger partial charge is 0.262 e. The number of rotatable bonds is 7. The van der Waals surface area contributed by atoms with Gasteiger partial charge in [-0.3, -0.25) is 9.59 Å². The van der Waals surface area contributed by atoms with Crippen molar-refractivity contribution in [3.63, 3.8) is 0 Å². The Morgan fingerprint density at radius 2 is 1.83 bits per heavy atom. The van der Waals surface area contributed by atoms with Crippen LogP contribution >= 0.6 is 0 Å². The summed E-state index contributed by atoms with van der Waals surface area (Å²) in [4.78, 5) is 25.0. The monoisotopic (exact) mass is 393 g/mol. The molecule has 7 nitrogen and oxygen atoms in total. The highest BCUT2D eigenvalue weighted by atomic mass is 16.7. The molecule has 2 aromatic carbocycles. The first kappa shape index (κ1) is 20.1. The van der Waals surface area contributed by atoms with Crippen molar-refractivity contribution < 1.29 is 19.1 Å². The molecule has 1 aliphatic heterocycles. The molecule has 1 heterocycles. The normalized spacial score (nSPS) is 13.8. The van der Waals surface area contributed by atoms with E-state index in [0.717, 1.165) is 5.56 Å². The Labute approximate surface area is 169 Å². The van der Waals surface area contributed by atoms with Crippen molar-refractivity contribution in [1.82, 2.24) is 10.7 Å². The first-order valence-corrected chi connectivity index (χ1v) is 9.30. The van der Waals surface area contributed by atoms with Crippen molar-refractivity contribution >= 4 is 24.1 Å². The molecule has 0 aromatic heterocycles. The number of nitrogens with one attached hydrogen (secondary N) is 2. The van der Waals surface area contributed by atoms with Gasteiger partial charge in [0.25, 0.3) is 11.8 Å². The quantitative estimate of drug-likeness (QED) is 0.559. The number of carbonyl (C=O) groups is 2. The lowest BCUT2D eigenvalue weighted by molar-refractivity contribution is -0.123. The van der Waals surface area contributed by atoms with Gasteiger partial charge in [0.15, 0.2) is 11.5 Å². The van der Waals surface area contributed by atoms with Gasteiger partial charge in [0.05, 0.1) is 0 Å². The molecular weight excluding hydrogens is 370 g/mol. The third-order valence-corrected chi connectivity index (χ3v) is 4.29.